The van der Waals surface area contributed by atoms with E-state index in [1.54, 1.807) is 0 Å². The maximum Gasteiger partial charge on any atom is 0.233 e. The Balaban J connectivity index is 2.07. The molecule has 96 valence electrons. The SMILES string of the molecule is CC1CC2C(=O)N(CC(O)C(C)C)C(=O)C2C1. The Hall–Kier alpha value is -0.900. The fourth-order valence-electron chi connectivity index (χ4n) is 2.92. The third kappa shape index (κ3) is 2.10. The van der Waals surface area contributed by atoms with Crippen molar-refractivity contribution in [3.8, 4) is 0 Å². The molecule has 2 fully saturated rings. The van der Waals surface area contributed by atoms with Crippen LogP contribution < -0.4 is 0 Å². The van der Waals surface area contributed by atoms with Crippen LogP contribution in [0.2, 0.25) is 0 Å². The average molecular weight is 239 g/mol. The summed E-state index contributed by atoms with van der Waals surface area (Å²) in [4.78, 5) is 25.5. The number of imide groups is 1. The van der Waals surface area contributed by atoms with Crippen molar-refractivity contribution in [2.45, 2.75) is 39.7 Å². The zero-order valence-corrected chi connectivity index (χ0v) is 10.7. The number of hydrogen-bond acceptors (Lipinski definition) is 3. The van der Waals surface area contributed by atoms with Crippen molar-refractivity contribution in [1.82, 2.24) is 4.90 Å². The quantitative estimate of drug-likeness (QED) is 0.748. The van der Waals surface area contributed by atoms with Gasteiger partial charge < -0.3 is 5.11 Å². The van der Waals surface area contributed by atoms with Gasteiger partial charge in [0.15, 0.2) is 0 Å². The van der Waals surface area contributed by atoms with E-state index in [9.17, 15) is 14.7 Å². The molecule has 1 aliphatic carbocycles. The lowest BCUT2D eigenvalue weighted by atomic mass is 10.00. The van der Waals surface area contributed by atoms with Crippen LogP contribution >= 0.6 is 0 Å². The van der Waals surface area contributed by atoms with Gasteiger partial charge in [-0.2, -0.15) is 0 Å². The molecule has 0 aromatic rings. The maximum atomic E-state index is 12.1. The highest BCUT2D eigenvalue weighted by Gasteiger charge is 2.51. The number of rotatable bonds is 3. The minimum atomic E-state index is -0.612. The molecule has 1 heterocycles. The molecule has 4 nitrogen and oxygen atoms in total. The number of amides is 2. The highest BCUT2D eigenvalue weighted by Crippen LogP contribution is 2.42. The van der Waals surface area contributed by atoms with Crippen LogP contribution in [0.25, 0.3) is 0 Å². The van der Waals surface area contributed by atoms with Crippen LogP contribution in [0, 0.1) is 23.7 Å². The molecule has 3 atom stereocenters. The second-order valence-electron chi connectivity index (χ2n) is 5.89. The van der Waals surface area contributed by atoms with Gasteiger partial charge in [-0.3, -0.25) is 14.5 Å². The van der Waals surface area contributed by atoms with Crippen molar-refractivity contribution in [1.29, 1.82) is 0 Å². The van der Waals surface area contributed by atoms with E-state index >= 15 is 0 Å². The van der Waals surface area contributed by atoms with Gasteiger partial charge >= 0.3 is 0 Å². The van der Waals surface area contributed by atoms with Gasteiger partial charge in [0.05, 0.1) is 24.5 Å². The van der Waals surface area contributed by atoms with Crippen LogP contribution in [0.3, 0.4) is 0 Å². The van der Waals surface area contributed by atoms with E-state index in [-0.39, 0.29) is 36.1 Å². The van der Waals surface area contributed by atoms with Gasteiger partial charge in [0, 0.05) is 0 Å². The van der Waals surface area contributed by atoms with Crippen LogP contribution in [-0.2, 0) is 9.59 Å². The molecule has 0 aromatic heterocycles. The first-order valence-electron chi connectivity index (χ1n) is 6.45. The number of carbonyl (C=O) groups excluding carboxylic acids is 2. The normalized spacial score (nSPS) is 34.6. The molecule has 1 saturated carbocycles. The van der Waals surface area contributed by atoms with Gasteiger partial charge in [0.2, 0.25) is 11.8 Å². The van der Waals surface area contributed by atoms with Crippen LogP contribution in [0.4, 0.5) is 0 Å². The Morgan fingerprint density at radius 1 is 1.24 bits per heavy atom. The van der Waals surface area contributed by atoms with Crippen LogP contribution in [0.5, 0.6) is 0 Å². The molecular formula is C13H21NO3. The topological polar surface area (TPSA) is 57.6 Å². The molecule has 1 N–H and O–H groups in total. The van der Waals surface area contributed by atoms with Gasteiger partial charge in [-0.25, -0.2) is 0 Å². The molecule has 1 saturated heterocycles. The molecule has 0 spiro atoms. The van der Waals surface area contributed by atoms with Crippen molar-refractivity contribution < 1.29 is 14.7 Å². The monoisotopic (exact) mass is 239 g/mol. The molecule has 2 rings (SSSR count). The fraction of sp³-hybridized carbons (Fsp3) is 0.846. The second-order valence-corrected chi connectivity index (χ2v) is 5.89. The Labute approximate surface area is 102 Å². The van der Waals surface area contributed by atoms with Crippen LogP contribution in [0.15, 0.2) is 0 Å². The van der Waals surface area contributed by atoms with Crippen molar-refractivity contribution in [3.05, 3.63) is 0 Å². The third-order valence-electron chi connectivity index (χ3n) is 4.10. The van der Waals surface area contributed by atoms with E-state index in [1.807, 2.05) is 13.8 Å². The first-order valence-corrected chi connectivity index (χ1v) is 6.45. The van der Waals surface area contributed by atoms with E-state index < -0.39 is 6.10 Å². The summed E-state index contributed by atoms with van der Waals surface area (Å²) in [5.41, 5.74) is 0. The van der Waals surface area contributed by atoms with Gasteiger partial charge in [-0.1, -0.05) is 20.8 Å². The van der Waals surface area contributed by atoms with Crippen LogP contribution in [0.1, 0.15) is 33.6 Å². The third-order valence-corrected chi connectivity index (χ3v) is 4.10. The lowest BCUT2D eigenvalue weighted by molar-refractivity contribution is -0.142. The smallest absolute Gasteiger partial charge is 0.233 e. The van der Waals surface area contributed by atoms with Crippen LogP contribution in [-0.4, -0.2) is 34.5 Å². The van der Waals surface area contributed by atoms with E-state index in [4.69, 9.17) is 0 Å². The minimum Gasteiger partial charge on any atom is -0.391 e. The van der Waals surface area contributed by atoms with Crippen molar-refractivity contribution in [2.24, 2.45) is 23.7 Å². The second kappa shape index (κ2) is 4.41. The highest BCUT2D eigenvalue weighted by molar-refractivity contribution is 6.05. The summed E-state index contributed by atoms with van der Waals surface area (Å²) in [6.07, 6.45) is 1.03. The standard InChI is InChI=1S/C13H21NO3/c1-7(2)11(15)6-14-12(16)9-4-8(3)5-10(9)13(14)17/h7-11,15H,4-6H2,1-3H3. The predicted molar refractivity (Wildman–Crippen MR) is 62.9 cm³/mol. The number of likely N-dealkylation sites (tertiary alicyclic amines) is 1. The Morgan fingerprint density at radius 3 is 2.12 bits per heavy atom. The number of fused-ring (bicyclic) bond motifs is 1. The number of aliphatic hydroxyl groups excluding tert-OH is 1. The van der Waals surface area contributed by atoms with E-state index in [2.05, 4.69) is 6.92 Å². The zero-order chi connectivity index (χ0) is 12.7. The predicted octanol–water partition coefficient (Wildman–Crippen LogP) is 1.03. The Morgan fingerprint density at radius 2 is 1.71 bits per heavy atom. The number of nitrogens with zero attached hydrogens (tertiary/aromatic N) is 1. The summed E-state index contributed by atoms with van der Waals surface area (Å²) < 4.78 is 0. The minimum absolute atomic E-state index is 0.0648. The first kappa shape index (κ1) is 12.6. The van der Waals surface area contributed by atoms with Crippen molar-refractivity contribution in [2.75, 3.05) is 6.54 Å². The molecule has 0 radical (unpaired) electrons. The number of hydrogen-bond donors (Lipinski definition) is 1. The summed E-state index contributed by atoms with van der Waals surface area (Å²) in [6, 6.07) is 0. The molecule has 0 bridgehead atoms. The molecule has 3 unspecified atom stereocenters. The van der Waals surface area contributed by atoms with Gasteiger partial charge in [-0.15, -0.1) is 0 Å². The van der Waals surface area contributed by atoms with E-state index in [0.29, 0.717) is 5.92 Å². The van der Waals surface area contributed by atoms with Crippen molar-refractivity contribution >= 4 is 11.8 Å². The first-order chi connectivity index (χ1) is 7.91. The maximum absolute atomic E-state index is 12.1. The number of aliphatic hydroxyl groups is 1. The molecular weight excluding hydrogens is 218 g/mol. The molecule has 2 amide bonds. The molecule has 1 aliphatic heterocycles. The van der Waals surface area contributed by atoms with Gasteiger partial charge in [-0.05, 0) is 24.7 Å². The van der Waals surface area contributed by atoms with Crippen molar-refractivity contribution in [3.63, 3.8) is 0 Å². The molecule has 4 heteroatoms. The molecule has 0 aromatic carbocycles. The largest absolute Gasteiger partial charge is 0.391 e. The van der Waals surface area contributed by atoms with E-state index in [0.717, 1.165) is 12.8 Å². The highest BCUT2D eigenvalue weighted by atomic mass is 16.3. The fourth-order valence-corrected chi connectivity index (χ4v) is 2.92. The number of β-amino-alcohol motifs (C(OH)–C–C–N with tert-alkyl or cyclic N) is 1. The average Bonchev–Trinajstić information content (AvgIpc) is 2.73. The lowest BCUT2D eigenvalue weighted by Crippen LogP contribution is -2.40. The van der Waals surface area contributed by atoms with E-state index in [1.165, 1.54) is 4.90 Å². The Bertz CT molecular complexity index is 316. The van der Waals surface area contributed by atoms with Gasteiger partial charge in [0.1, 0.15) is 0 Å². The molecule has 2 aliphatic rings. The number of carbonyl (C=O) groups is 2. The summed E-state index contributed by atoms with van der Waals surface area (Å²) in [7, 11) is 0. The summed E-state index contributed by atoms with van der Waals surface area (Å²) in [6.45, 7) is 6.03. The molecule has 17 heavy (non-hydrogen) atoms. The summed E-state index contributed by atoms with van der Waals surface area (Å²) >= 11 is 0. The summed E-state index contributed by atoms with van der Waals surface area (Å²) in [5.74, 6) is 0.173. The van der Waals surface area contributed by atoms with Gasteiger partial charge in [0.25, 0.3) is 0 Å². The summed E-state index contributed by atoms with van der Waals surface area (Å²) in [5, 5.41) is 9.79. The lowest BCUT2D eigenvalue weighted by Gasteiger charge is -2.22. The zero-order valence-electron chi connectivity index (χ0n) is 10.7. The Kier molecular flexibility index (Phi) is 3.25.